The van der Waals surface area contributed by atoms with Crippen molar-refractivity contribution in [1.82, 2.24) is 31.1 Å². The predicted molar refractivity (Wildman–Crippen MR) is 183 cm³/mol. The van der Waals surface area contributed by atoms with E-state index in [4.69, 9.17) is 22.3 Å². The summed E-state index contributed by atoms with van der Waals surface area (Å²) in [6.45, 7) is 2.97. The highest BCUT2D eigenvalue weighted by Crippen LogP contribution is 2.21. The van der Waals surface area contributed by atoms with Crippen molar-refractivity contribution in [3.8, 4) is 0 Å². The molecule has 0 aliphatic carbocycles. The standard InChI is InChI=1S/C31H52N10O11/c1-16(2)12-18(37-25(46)17(32)6-3-9-35-31(33)34)29(50)41-11-5-7-21(41)27(48)36-14-23(43)40-10-4-8-22(40)28(49)39-20(15-42)26(47)38-19(30(51)52)13-24(44)45/h16-22,42H,3-15,32H2,1-2H3,(H,36,48)(H,37,46)(H,38,47)(H,39,49)(H,44,45)(H,51,52)(H4,33,34,35). The number of carbonyl (C=O) groups excluding carboxylic acids is 6. The molecule has 0 spiro atoms. The van der Waals surface area contributed by atoms with Crippen molar-refractivity contribution in [3.05, 3.63) is 0 Å². The van der Waals surface area contributed by atoms with Gasteiger partial charge in [0.15, 0.2) is 5.96 Å². The molecule has 6 unspecified atom stereocenters. The van der Waals surface area contributed by atoms with Gasteiger partial charge in [-0.3, -0.25) is 38.6 Å². The Labute approximate surface area is 300 Å². The van der Waals surface area contributed by atoms with Crippen LogP contribution in [0.3, 0.4) is 0 Å². The molecule has 0 aromatic heterocycles. The van der Waals surface area contributed by atoms with Crippen molar-refractivity contribution in [2.45, 2.75) is 101 Å². The second kappa shape index (κ2) is 20.7. The van der Waals surface area contributed by atoms with Gasteiger partial charge in [-0.2, -0.15) is 0 Å². The summed E-state index contributed by atoms with van der Waals surface area (Å²) >= 11 is 0. The van der Waals surface area contributed by atoms with Crippen LogP contribution >= 0.6 is 0 Å². The minimum atomic E-state index is -1.81. The SMILES string of the molecule is CC(C)CC(NC(=O)C(N)CCCN=C(N)N)C(=O)N1CCCC1C(=O)NCC(=O)N1CCCC1C(=O)NC(CO)C(=O)NC(CC(=O)O)C(=O)O. The molecule has 21 nitrogen and oxygen atoms in total. The van der Waals surface area contributed by atoms with E-state index in [1.54, 1.807) is 0 Å². The van der Waals surface area contributed by atoms with Crippen LogP contribution in [-0.4, -0.2) is 147 Å². The first-order chi connectivity index (χ1) is 24.5. The highest BCUT2D eigenvalue weighted by molar-refractivity contribution is 5.96. The zero-order chi connectivity index (χ0) is 39.1. The second-order valence-corrected chi connectivity index (χ2v) is 13.1. The van der Waals surface area contributed by atoms with Gasteiger partial charge in [0.25, 0.3) is 0 Å². The Morgan fingerprint density at radius 1 is 0.827 bits per heavy atom. The highest BCUT2D eigenvalue weighted by atomic mass is 16.4. The number of nitrogens with two attached hydrogens (primary N) is 3. The van der Waals surface area contributed by atoms with E-state index in [-0.39, 0.29) is 50.8 Å². The van der Waals surface area contributed by atoms with E-state index in [1.807, 2.05) is 19.2 Å². The zero-order valence-electron chi connectivity index (χ0n) is 29.4. The third-order valence-electron chi connectivity index (χ3n) is 8.56. The molecule has 2 aliphatic rings. The molecule has 2 heterocycles. The van der Waals surface area contributed by atoms with Gasteiger partial charge >= 0.3 is 11.9 Å². The van der Waals surface area contributed by atoms with Gasteiger partial charge in [0.05, 0.1) is 25.6 Å². The number of rotatable bonds is 20. The Morgan fingerprint density at radius 3 is 1.98 bits per heavy atom. The molecule has 0 radical (unpaired) electrons. The van der Waals surface area contributed by atoms with Crippen LogP contribution in [0.25, 0.3) is 0 Å². The second-order valence-electron chi connectivity index (χ2n) is 13.1. The van der Waals surface area contributed by atoms with Crippen LogP contribution in [0.4, 0.5) is 0 Å². The van der Waals surface area contributed by atoms with Gasteiger partial charge in [0.2, 0.25) is 35.4 Å². The number of amides is 6. The number of hydrogen-bond acceptors (Lipinski definition) is 11. The van der Waals surface area contributed by atoms with Crippen LogP contribution in [0.15, 0.2) is 4.99 Å². The van der Waals surface area contributed by atoms with E-state index >= 15 is 0 Å². The number of nitrogens with one attached hydrogen (secondary N) is 4. The average Bonchev–Trinajstić information content (AvgIpc) is 3.77. The number of carboxylic acid groups (broad SMARTS) is 2. The van der Waals surface area contributed by atoms with Crippen molar-refractivity contribution < 1.29 is 53.7 Å². The smallest absolute Gasteiger partial charge is 0.326 e. The molecular weight excluding hydrogens is 688 g/mol. The van der Waals surface area contributed by atoms with E-state index in [2.05, 4.69) is 20.9 Å². The maximum Gasteiger partial charge on any atom is 0.326 e. The Balaban J connectivity index is 2.00. The van der Waals surface area contributed by atoms with Gasteiger partial charge in [0, 0.05) is 19.6 Å². The molecule has 0 aromatic carbocycles. The van der Waals surface area contributed by atoms with E-state index in [9.17, 15) is 48.6 Å². The lowest BCUT2D eigenvalue weighted by molar-refractivity contribution is -0.147. The number of likely N-dealkylation sites (tertiary alicyclic amines) is 2. The van der Waals surface area contributed by atoms with Crippen molar-refractivity contribution >= 4 is 53.3 Å². The number of aliphatic hydroxyl groups excluding tert-OH is 1. The molecule has 0 saturated carbocycles. The fraction of sp³-hybridized carbons (Fsp3) is 0.710. The number of aliphatic carboxylic acids is 2. The van der Waals surface area contributed by atoms with Crippen LogP contribution < -0.4 is 38.5 Å². The Hall–Kier alpha value is -5.05. The fourth-order valence-corrected chi connectivity index (χ4v) is 5.95. The van der Waals surface area contributed by atoms with Crippen LogP contribution in [0.5, 0.6) is 0 Å². The first-order valence-corrected chi connectivity index (χ1v) is 17.1. The molecule has 21 heteroatoms. The lowest BCUT2D eigenvalue weighted by Gasteiger charge is -2.30. The molecule has 6 amide bonds. The largest absolute Gasteiger partial charge is 0.481 e. The Kier molecular flexibility index (Phi) is 17.2. The molecule has 292 valence electrons. The zero-order valence-corrected chi connectivity index (χ0v) is 29.4. The monoisotopic (exact) mass is 740 g/mol. The number of carbonyl (C=O) groups is 8. The molecule has 0 bridgehead atoms. The van der Waals surface area contributed by atoms with Crippen molar-refractivity contribution in [2.75, 3.05) is 32.8 Å². The molecule has 2 fully saturated rings. The Bertz CT molecular complexity index is 1360. The number of nitrogens with zero attached hydrogens (tertiary/aromatic N) is 3. The number of hydrogen-bond donors (Lipinski definition) is 10. The quantitative estimate of drug-likeness (QED) is 0.0320. The average molecular weight is 741 g/mol. The Morgan fingerprint density at radius 2 is 1.42 bits per heavy atom. The summed E-state index contributed by atoms with van der Waals surface area (Å²) in [6.07, 6.45) is 1.47. The lowest BCUT2D eigenvalue weighted by Crippen LogP contribution is -2.58. The van der Waals surface area contributed by atoms with Crippen LogP contribution in [0, 0.1) is 5.92 Å². The summed E-state index contributed by atoms with van der Waals surface area (Å²) in [4.78, 5) is 107. The molecule has 52 heavy (non-hydrogen) atoms. The molecule has 0 aromatic rings. The molecule has 2 rings (SSSR count). The minimum absolute atomic E-state index is 0.00563. The summed E-state index contributed by atoms with van der Waals surface area (Å²) < 4.78 is 0. The molecule has 6 atom stereocenters. The molecule has 2 aliphatic heterocycles. The van der Waals surface area contributed by atoms with E-state index in [1.165, 1.54) is 9.80 Å². The third-order valence-corrected chi connectivity index (χ3v) is 8.56. The van der Waals surface area contributed by atoms with Crippen LogP contribution in [0.2, 0.25) is 0 Å². The van der Waals surface area contributed by atoms with E-state index < -0.39 is 103 Å². The van der Waals surface area contributed by atoms with E-state index in [0.717, 1.165) is 0 Å². The normalized spacial score (nSPS) is 19.2. The molecular formula is C31H52N10O11. The maximum atomic E-state index is 13.7. The highest BCUT2D eigenvalue weighted by Gasteiger charge is 2.40. The van der Waals surface area contributed by atoms with Gasteiger partial charge in [-0.05, 0) is 50.9 Å². The van der Waals surface area contributed by atoms with Crippen molar-refractivity contribution in [3.63, 3.8) is 0 Å². The fourth-order valence-electron chi connectivity index (χ4n) is 5.95. The predicted octanol–water partition coefficient (Wildman–Crippen LogP) is -4.48. The van der Waals surface area contributed by atoms with Gasteiger partial charge < -0.3 is 63.6 Å². The van der Waals surface area contributed by atoms with Crippen LogP contribution in [0.1, 0.15) is 65.2 Å². The van der Waals surface area contributed by atoms with Gasteiger partial charge in [0.1, 0.15) is 30.2 Å². The first kappa shape index (κ1) is 43.1. The topological polar surface area (TPSA) is 342 Å². The van der Waals surface area contributed by atoms with E-state index in [0.29, 0.717) is 25.7 Å². The minimum Gasteiger partial charge on any atom is -0.481 e. The summed E-state index contributed by atoms with van der Waals surface area (Å²) in [5.41, 5.74) is 16.7. The van der Waals surface area contributed by atoms with Gasteiger partial charge in [-0.1, -0.05) is 13.8 Å². The lowest BCUT2D eigenvalue weighted by atomic mass is 10.0. The summed E-state index contributed by atoms with van der Waals surface area (Å²) in [5, 5.41) is 37.2. The number of guanidine groups is 1. The summed E-state index contributed by atoms with van der Waals surface area (Å²) in [5.74, 6) is -7.39. The molecule has 2 saturated heterocycles. The summed E-state index contributed by atoms with van der Waals surface area (Å²) in [6, 6.07) is -7.32. The maximum absolute atomic E-state index is 13.7. The number of carboxylic acids is 2. The number of aliphatic hydroxyl groups is 1. The molecule has 13 N–H and O–H groups in total. The first-order valence-electron chi connectivity index (χ1n) is 17.1. The van der Waals surface area contributed by atoms with Crippen molar-refractivity contribution in [1.29, 1.82) is 0 Å². The van der Waals surface area contributed by atoms with Gasteiger partial charge in [-0.15, -0.1) is 0 Å². The number of aliphatic imine (C=N–C) groups is 1. The van der Waals surface area contributed by atoms with Crippen LogP contribution in [-0.2, 0) is 38.4 Å². The third kappa shape index (κ3) is 13.2. The van der Waals surface area contributed by atoms with Crippen molar-refractivity contribution in [2.24, 2.45) is 28.1 Å². The summed E-state index contributed by atoms with van der Waals surface area (Å²) in [7, 11) is 0. The van der Waals surface area contributed by atoms with Gasteiger partial charge in [-0.25, -0.2) is 4.79 Å².